The summed E-state index contributed by atoms with van der Waals surface area (Å²) >= 11 is 3.68. The lowest BCUT2D eigenvalue weighted by molar-refractivity contribution is 1.07. The molecule has 0 spiro atoms. The summed E-state index contributed by atoms with van der Waals surface area (Å²) in [6, 6.07) is 66.9. The predicted octanol–water partition coefficient (Wildman–Crippen LogP) is 14.6. The third kappa shape index (κ3) is 5.77. The van der Waals surface area contributed by atoms with Crippen molar-refractivity contribution in [1.29, 1.82) is 0 Å². The normalized spacial score (nSPS) is 11.6. The molecule has 0 bridgehead atoms. The molecule has 56 heavy (non-hydrogen) atoms. The Balaban J connectivity index is 1.16. The quantitative estimate of drug-likeness (QED) is 0.170. The SMILES string of the molecule is c1ccc(-c2cccc(-c3nc(-c4ccccc4)nc(-c4cc(-c5ccc6sc7ccccc7c6c5)cc(-c5cccc6sc7ccccc7c56)c4)n3)c2)cc1. The second-order valence-electron chi connectivity index (χ2n) is 14.0. The number of hydrogen-bond acceptors (Lipinski definition) is 5. The smallest absolute Gasteiger partial charge is 0.164 e. The monoisotopic (exact) mass is 749 g/mol. The first kappa shape index (κ1) is 32.6. The highest BCUT2D eigenvalue weighted by molar-refractivity contribution is 7.26. The molecule has 3 heterocycles. The van der Waals surface area contributed by atoms with Gasteiger partial charge in [0.15, 0.2) is 17.5 Å². The molecule has 11 aromatic rings. The Morgan fingerprint density at radius 1 is 0.268 bits per heavy atom. The van der Waals surface area contributed by atoms with E-state index in [0.29, 0.717) is 17.5 Å². The van der Waals surface area contributed by atoms with Gasteiger partial charge in [-0.05, 0) is 88.0 Å². The lowest BCUT2D eigenvalue weighted by atomic mass is 9.93. The van der Waals surface area contributed by atoms with Crippen molar-refractivity contribution in [3.8, 4) is 67.5 Å². The van der Waals surface area contributed by atoms with Crippen LogP contribution in [-0.4, -0.2) is 15.0 Å². The van der Waals surface area contributed by atoms with E-state index in [1.165, 1.54) is 45.9 Å². The minimum Gasteiger partial charge on any atom is -0.208 e. The zero-order chi connectivity index (χ0) is 37.0. The predicted molar refractivity (Wildman–Crippen MR) is 238 cm³/mol. The maximum atomic E-state index is 5.27. The summed E-state index contributed by atoms with van der Waals surface area (Å²) in [6.45, 7) is 0. The Kier molecular flexibility index (Phi) is 7.87. The maximum absolute atomic E-state index is 5.27. The van der Waals surface area contributed by atoms with Gasteiger partial charge < -0.3 is 0 Å². The van der Waals surface area contributed by atoms with E-state index in [4.69, 9.17) is 15.0 Å². The average molecular weight is 750 g/mol. The van der Waals surface area contributed by atoms with Gasteiger partial charge in [0.25, 0.3) is 0 Å². The van der Waals surface area contributed by atoms with Gasteiger partial charge in [0.1, 0.15) is 0 Å². The van der Waals surface area contributed by atoms with Gasteiger partial charge in [-0.15, -0.1) is 22.7 Å². The Bertz CT molecular complexity index is 3250. The third-order valence-electron chi connectivity index (χ3n) is 10.5. The molecule has 0 fully saturated rings. The highest BCUT2D eigenvalue weighted by atomic mass is 32.1. The van der Waals surface area contributed by atoms with Crippen LogP contribution in [0.2, 0.25) is 0 Å². The number of aromatic nitrogens is 3. The first-order valence-corrected chi connectivity index (χ1v) is 20.3. The molecule has 0 aliphatic carbocycles. The lowest BCUT2D eigenvalue weighted by Gasteiger charge is -2.14. The van der Waals surface area contributed by atoms with Crippen LogP contribution < -0.4 is 0 Å². The van der Waals surface area contributed by atoms with E-state index in [1.807, 2.05) is 46.9 Å². The maximum Gasteiger partial charge on any atom is 0.164 e. The largest absolute Gasteiger partial charge is 0.208 e. The highest BCUT2D eigenvalue weighted by Gasteiger charge is 2.18. The van der Waals surface area contributed by atoms with Gasteiger partial charge in [-0.25, -0.2) is 15.0 Å². The molecule has 5 heteroatoms. The summed E-state index contributed by atoms with van der Waals surface area (Å²) in [5.41, 5.74) is 9.65. The molecular formula is C51H31N3S2. The summed E-state index contributed by atoms with van der Waals surface area (Å²) < 4.78 is 5.14. The van der Waals surface area contributed by atoms with Gasteiger partial charge in [-0.1, -0.05) is 133 Å². The average Bonchev–Trinajstić information content (AvgIpc) is 3.85. The van der Waals surface area contributed by atoms with Crippen LogP contribution in [0.15, 0.2) is 188 Å². The van der Waals surface area contributed by atoms with E-state index in [0.717, 1.165) is 44.5 Å². The number of fused-ring (bicyclic) bond motifs is 6. The minimum atomic E-state index is 0.631. The number of nitrogens with zero attached hydrogens (tertiary/aromatic N) is 3. The standard InChI is InChI=1S/C51H31N3S2/c1-3-13-32(14-4-1)34-17-11-18-36(27-34)50-52-49(33-15-5-2-6-16-33)53-51(54-50)39-29-37(35-25-26-46-43(31-35)41-19-7-9-22-44(41)55-46)28-38(30-39)40-21-12-24-47-48(40)42-20-8-10-23-45(42)56-47/h1-31H. The van der Waals surface area contributed by atoms with Crippen molar-refractivity contribution in [3.05, 3.63) is 188 Å². The van der Waals surface area contributed by atoms with Crippen molar-refractivity contribution in [3.63, 3.8) is 0 Å². The first-order valence-electron chi connectivity index (χ1n) is 18.7. The van der Waals surface area contributed by atoms with Crippen LogP contribution >= 0.6 is 22.7 Å². The lowest BCUT2D eigenvalue weighted by Crippen LogP contribution is -2.00. The topological polar surface area (TPSA) is 38.7 Å². The molecule has 0 radical (unpaired) electrons. The van der Waals surface area contributed by atoms with Crippen molar-refractivity contribution >= 4 is 63.0 Å². The van der Waals surface area contributed by atoms with Crippen molar-refractivity contribution < 1.29 is 0 Å². The molecule has 0 amide bonds. The van der Waals surface area contributed by atoms with Crippen LogP contribution in [-0.2, 0) is 0 Å². The molecule has 0 saturated heterocycles. The molecule has 3 nitrogen and oxygen atoms in total. The second-order valence-corrected chi connectivity index (χ2v) is 16.2. The number of rotatable bonds is 6. The van der Waals surface area contributed by atoms with Crippen molar-refractivity contribution in [2.24, 2.45) is 0 Å². The van der Waals surface area contributed by atoms with Crippen LogP contribution in [0.1, 0.15) is 0 Å². The van der Waals surface area contributed by atoms with Gasteiger partial charge in [0.2, 0.25) is 0 Å². The molecule has 0 aliphatic rings. The fourth-order valence-electron chi connectivity index (χ4n) is 7.82. The van der Waals surface area contributed by atoms with Crippen LogP contribution in [0.3, 0.4) is 0 Å². The van der Waals surface area contributed by atoms with Crippen molar-refractivity contribution in [1.82, 2.24) is 15.0 Å². The highest BCUT2D eigenvalue weighted by Crippen LogP contribution is 2.43. The fourth-order valence-corrected chi connectivity index (χ4v) is 10.0. The summed E-state index contributed by atoms with van der Waals surface area (Å²) in [5.74, 6) is 1.90. The van der Waals surface area contributed by atoms with Crippen LogP contribution in [0, 0.1) is 0 Å². The van der Waals surface area contributed by atoms with Crippen LogP contribution in [0.25, 0.3) is 108 Å². The van der Waals surface area contributed by atoms with Crippen molar-refractivity contribution in [2.75, 3.05) is 0 Å². The molecule has 0 atom stereocenters. The first-order chi connectivity index (χ1) is 27.7. The molecular weight excluding hydrogens is 719 g/mol. The Hall–Kier alpha value is -6.79. The van der Waals surface area contributed by atoms with E-state index in [1.54, 1.807) is 0 Å². The Morgan fingerprint density at radius 2 is 0.768 bits per heavy atom. The molecule has 0 N–H and O–H groups in total. The molecule has 0 aliphatic heterocycles. The molecule has 0 unspecified atom stereocenters. The van der Waals surface area contributed by atoms with E-state index < -0.39 is 0 Å². The Labute approximate surface area is 331 Å². The zero-order valence-corrected chi connectivity index (χ0v) is 31.7. The third-order valence-corrected chi connectivity index (χ3v) is 12.8. The summed E-state index contributed by atoms with van der Waals surface area (Å²) in [7, 11) is 0. The Morgan fingerprint density at radius 3 is 1.57 bits per heavy atom. The summed E-state index contributed by atoms with van der Waals surface area (Å²) in [4.78, 5) is 15.6. The van der Waals surface area contributed by atoms with E-state index in [2.05, 4.69) is 164 Å². The van der Waals surface area contributed by atoms with Gasteiger partial charge in [0, 0.05) is 57.0 Å². The number of thiophene rings is 2. The fraction of sp³-hybridized carbons (Fsp3) is 0. The summed E-state index contributed by atoms with van der Waals surface area (Å²) in [5, 5.41) is 5.10. The summed E-state index contributed by atoms with van der Waals surface area (Å²) in [6.07, 6.45) is 0. The van der Waals surface area contributed by atoms with Crippen LogP contribution in [0.4, 0.5) is 0 Å². The molecule has 11 rings (SSSR count). The van der Waals surface area contributed by atoms with Gasteiger partial charge >= 0.3 is 0 Å². The van der Waals surface area contributed by atoms with E-state index in [-0.39, 0.29) is 0 Å². The van der Waals surface area contributed by atoms with Gasteiger partial charge in [-0.3, -0.25) is 0 Å². The van der Waals surface area contributed by atoms with Crippen molar-refractivity contribution in [2.45, 2.75) is 0 Å². The second kappa shape index (κ2) is 13.5. The molecule has 0 saturated carbocycles. The van der Waals surface area contributed by atoms with E-state index >= 15 is 0 Å². The zero-order valence-electron chi connectivity index (χ0n) is 30.1. The number of benzene rings is 8. The van der Waals surface area contributed by atoms with Crippen LogP contribution in [0.5, 0.6) is 0 Å². The molecule has 3 aromatic heterocycles. The molecule has 8 aromatic carbocycles. The van der Waals surface area contributed by atoms with Gasteiger partial charge in [0.05, 0.1) is 0 Å². The molecule has 262 valence electrons. The minimum absolute atomic E-state index is 0.631. The van der Waals surface area contributed by atoms with Gasteiger partial charge in [-0.2, -0.15) is 0 Å². The number of hydrogen-bond donors (Lipinski definition) is 0. The van der Waals surface area contributed by atoms with E-state index in [9.17, 15) is 0 Å².